The van der Waals surface area contributed by atoms with Gasteiger partial charge in [-0.15, -0.1) is 11.3 Å². The first-order valence-corrected chi connectivity index (χ1v) is 7.11. The summed E-state index contributed by atoms with van der Waals surface area (Å²) in [4.78, 5) is 15.5. The van der Waals surface area contributed by atoms with Crippen LogP contribution in [-0.4, -0.2) is 48.8 Å². The second-order valence-electron chi connectivity index (χ2n) is 3.71. The zero-order valence-electron chi connectivity index (χ0n) is 11.3. The van der Waals surface area contributed by atoms with Crippen LogP contribution >= 0.6 is 11.3 Å². The van der Waals surface area contributed by atoms with Crippen LogP contribution in [0.5, 0.6) is 0 Å². The molecule has 0 aliphatic rings. The van der Waals surface area contributed by atoms with Crippen molar-refractivity contribution in [3.63, 3.8) is 0 Å². The maximum atomic E-state index is 12.2. The van der Waals surface area contributed by atoms with Crippen LogP contribution in [0, 0.1) is 11.8 Å². The third-order valence-electron chi connectivity index (χ3n) is 2.49. The fraction of sp³-hybridized carbons (Fsp3) is 0.500. The van der Waals surface area contributed by atoms with E-state index < -0.39 is 0 Å². The van der Waals surface area contributed by atoms with E-state index in [9.17, 15) is 4.79 Å². The monoisotopic (exact) mass is 281 g/mol. The Morgan fingerprint density at radius 2 is 2.26 bits per heavy atom. The number of nitrogens with zero attached hydrogens (tertiary/aromatic N) is 1. The summed E-state index contributed by atoms with van der Waals surface area (Å²) < 4.78 is 5.27. The van der Waals surface area contributed by atoms with Crippen molar-refractivity contribution in [3.05, 3.63) is 21.9 Å². The third-order valence-corrected chi connectivity index (χ3v) is 3.47. The number of carbonyl (C=O) groups is 1. The van der Waals surface area contributed by atoms with E-state index in [1.165, 1.54) is 11.3 Å². The summed E-state index contributed by atoms with van der Waals surface area (Å²) in [6, 6.07) is 3.58. The topological polar surface area (TPSA) is 49.8 Å². The molecule has 0 aromatic carbocycles. The standard InChI is InChI=1S/C14H19NO3S/c1-3-15(9-11-18-4-2)14(17)13-8-7-12(19-13)6-5-10-16/h7-8,16H,3-4,9-11H2,1-2H3. The summed E-state index contributed by atoms with van der Waals surface area (Å²) >= 11 is 1.35. The number of ether oxygens (including phenoxy) is 1. The molecule has 0 aliphatic heterocycles. The molecule has 5 heteroatoms. The molecule has 1 heterocycles. The molecule has 1 aromatic heterocycles. The maximum absolute atomic E-state index is 12.2. The van der Waals surface area contributed by atoms with Crippen molar-refractivity contribution in [3.8, 4) is 11.8 Å². The smallest absolute Gasteiger partial charge is 0.264 e. The summed E-state index contributed by atoms with van der Waals surface area (Å²) in [6.45, 7) is 6.18. The van der Waals surface area contributed by atoms with Gasteiger partial charge in [-0.25, -0.2) is 0 Å². The molecule has 1 amide bonds. The molecular weight excluding hydrogens is 262 g/mol. The molecule has 0 atom stereocenters. The minimum atomic E-state index is -0.170. The van der Waals surface area contributed by atoms with Gasteiger partial charge < -0.3 is 14.7 Å². The van der Waals surface area contributed by atoms with Gasteiger partial charge >= 0.3 is 0 Å². The SMILES string of the molecule is CCOCCN(CC)C(=O)c1ccc(C#CCO)s1. The predicted molar refractivity (Wildman–Crippen MR) is 76.4 cm³/mol. The van der Waals surface area contributed by atoms with E-state index in [-0.39, 0.29) is 12.5 Å². The summed E-state index contributed by atoms with van der Waals surface area (Å²) in [5.74, 6) is 5.38. The third kappa shape index (κ3) is 5.03. The zero-order chi connectivity index (χ0) is 14.1. The number of thiophene rings is 1. The molecule has 19 heavy (non-hydrogen) atoms. The number of amides is 1. The molecule has 0 saturated heterocycles. The number of rotatable bonds is 6. The number of likely N-dealkylation sites (N-methyl/N-ethyl adjacent to an activating group) is 1. The van der Waals surface area contributed by atoms with Gasteiger partial charge in [0.05, 0.1) is 16.4 Å². The molecule has 0 spiro atoms. The minimum absolute atomic E-state index is 0.00394. The minimum Gasteiger partial charge on any atom is -0.384 e. The van der Waals surface area contributed by atoms with Gasteiger partial charge in [0.2, 0.25) is 0 Å². The van der Waals surface area contributed by atoms with Crippen LogP contribution in [0.25, 0.3) is 0 Å². The quantitative estimate of drug-likeness (QED) is 0.636. The first-order valence-electron chi connectivity index (χ1n) is 6.29. The van der Waals surface area contributed by atoms with Gasteiger partial charge in [0.1, 0.15) is 6.61 Å². The molecule has 0 bridgehead atoms. The second-order valence-corrected chi connectivity index (χ2v) is 4.79. The first kappa shape index (κ1) is 15.7. The van der Waals surface area contributed by atoms with Crippen LogP contribution in [-0.2, 0) is 4.74 Å². The van der Waals surface area contributed by atoms with Crippen LogP contribution in [0.1, 0.15) is 28.4 Å². The van der Waals surface area contributed by atoms with Crippen molar-refractivity contribution in [1.29, 1.82) is 0 Å². The van der Waals surface area contributed by atoms with E-state index in [1.807, 2.05) is 13.8 Å². The van der Waals surface area contributed by atoms with Gasteiger partial charge in [-0.2, -0.15) is 0 Å². The molecule has 1 aromatic rings. The predicted octanol–water partition coefficient (Wildman–Crippen LogP) is 1.59. The Balaban J connectivity index is 2.66. The van der Waals surface area contributed by atoms with E-state index in [0.717, 1.165) is 4.88 Å². The Morgan fingerprint density at radius 1 is 1.47 bits per heavy atom. The molecular formula is C14H19NO3S. The van der Waals surface area contributed by atoms with Gasteiger partial charge in [-0.05, 0) is 26.0 Å². The van der Waals surface area contributed by atoms with Gasteiger partial charge in [0, 0.05) is 19.7 Å². The lowest BCUT2D eigenvalue weighted by Crippen LogP contribution is -2.33. The summed E-state index contributed by atoms with van der Waals surface area (Å²) in [5.41, 5.74) is 0. The number of carbonyl (C=O) groups excluding carboxylic acids is 1. The molecule has 0 fully saturated rings. The molecule has 4 nitrogen and oxygen atoms in total. The van der Waals surface area contributed by atoms with E-state index in [2.05, 4.69) is 11.8 Å². The lowest BCUT2D eigenvalue weighted by Gasteiger charge is -2.19. The van der Waals surface area contributed by atoms with Crippen LogP contribution in [0.2, 0.25) is 0 Å². The van der Waals surface area contributed by atoms with Crippen molar-refractivity contribution in [2.75, 3.05) is 32.9 Å². The summed E-state index contributed by atoms with van der Waals surface area (Å²) in [7, 11) is 0. The summed E-state index contributed by atoms with van der Waals surface area (Å²) in [5, 5.41) is 8.63. The molecule has 104 valence electrons. The Morgan fingerprint density at radius 3 is 2.89 bits per heavy atom. The molecule has 0 aliphatic carbocycles. The maximum Gasteiger partial charge on any atom is 0.264 e. The number of hydrogen-bond donors (Lipinski definition) is 1. The van der Waals surface area contributed by atoms with Crippen LogP contribution in [0.4, 0.5) is 0 Å². The van der Waals surface area contributed by atoms with E-state index in [4.69, 9.17) is 9.84 Å². The van der Waals surface area contributed by atoms with E-state index in [1.54, 1.807) is 17.0 Å². The fourth-order valence-corrected chi connectivity index (χ4v) is 2.37. The number of aliphatic hydroxyl groups is 1. The van der Waals surface area contributed by atoms with Gasteiger partial charge in [-0.1, -0.05) is 11.8 Å². The lowest BCUT2D eigenvalue weighted by molar-refractivity contribution is 0.0673. The molecule has 1 rings (SSSR count). The average Bonchev–Trinajstić information content (AvgIpc) is 2.89. The lowest BCUT2D eigenvalue weighted by atomic mass is 10.3. The molecule has 0 saturated carbocycles. The zero-order valence-corrected chi connectivity index (χ0v) is 12.1. The highest BCUT2D eigenvalue weighted by atomic mass is 32.1. The van der Waals surface area contributed by atoms with Crippen molar-refractivity contribution >= 4 is 17.2 Å². The van der Waals surface area contributed by atoms with Crippen LogP contribution in [0.15, 0.2) is 12.1 Å². The normalized spacial score (nSPS) is 9.84. The van der Waals surface area contributed by atoms with Crippen molar-refractivity contribution in [2.24, 2.45) is 0 Å². The Labute approximate surface area is 118 Å². The molecule has 0 unspecified atom stereocenters. The van der Waals surface area contributed by atoms with Crippen molar-refractivity contribution in [1.82, 2.24) is 4.90 Å². The van der Waals surface area contributed by atoms with Gasteiger partial charge in [0.25, 0.3) is 5.91 Å². The Kier molecular flexibility index (Phi) is 7.19. The first-order chi connectivity index (χ1) is 9.22. The largest absolute Gasteiger partial charge is 0.384 e. The van der Waals surface area contributed by atoms with Crippen molar-refractivity contribution < 1.29 is 14.6 Å². The van der Waals surface area contributed by atoms with Crippen LogP contribution in [0.3, 0.4) is 0 Å². The number of aliphatic hydroxyl groups excluding tert-OH is 1. The molecule has 0 radical (unpaired) electrons. The Hall–Kier alpha value is -1.35. The fourth-order valence-electron chi connectivity index (χ4n) is 1.52. The highest BCUT2D eigenvalue weighted by Crippen LogP contribution is 2.17. The van der Waals surface area contributed by atoms with Crippen LogP contribution < -0.4 is 0 Å². The van der Waals surface area contributed by atoms with Gasteiger partial charge in [0.15, 0.2) is 0 Å². The number of hydrogen-bond acceptors (Lipinski definition) is 4. The van der Waals surface area contributed by atoms with Crippen molar-refractivity contribution in [2.45, 2.75) is 13.8 Å². The van der Waals surface area contributed by atoms with E-state index >= 15 is 0 Å². The highest BCUT2D eigenvalue weighted by Gasteiger charge is 2.15. The van der Waals surface area contributed by atoms with E-state index in [0.29, 0.717) is 31.2 Å². The summed E-state index contributed by atoms with van der Waals surface area (Å²) in [6.07, 6.45) is 0. The Bertz CT molecular complexity index is 459. The van der Waals surface area contributed by atoms with Gasteiger partial charge in [-0.3, -0.25) is 4.79 Å². The second kappa shape index (κ2) is 8.70. The average molecular weight is 281 g/mol. The molecule has 1 N–H and O–H groups in total. The highest BCUT2D eigenvalue weighted by molar-refractivity contribution is 7.14.